The molecule has 1 aliphatic heterocycles. The van der Waals surface area contributed by atoms with Crippen molar-refractivity contribution in [2.45, 2.75) is 38.8 Å². The van der Waals surface area contributed by atoms with Crippen molar-refractivity contribution in [3.05, 3.63) is 0 Å². The maximum Gasteiger partial charge on any atom is 0.407 e. The van der Waals surface area contributed by atoms with E-state index >= 15 is 0 Å². The van der Waals surface area contributed by atoms with Gasteiger partial charge < -0.3 is 15.8 Å². The molecule has 1 saturated heterocycles. The largest absolute Gasteiger partial charge is 0.444 e. The molecule has 1 atom stereocenters. The molecule has 1 fully saturated rings. The molecule has 112 valence electrons. The van der Waals surface area contributed by atoms with Crippen molar-refractivity contribution in [2.24, 2.45) is 5.73 Å². The van der Waals surface area contributed by atoms with Crippen LogP contribution in [0.4, 0.5) is 4.79 Å². The minimum absolute atomic E-state index is 0.200. The van der Waals surface area contributed by atoms with Crippen LogP contribution in [0.1, 0.15) is 27.2 Å². The molecule has 5 nitrogen and oxygen atoms in total. The van der Waals surface area contributed by atoms with E-state index in [1.807, 2.05) is 32.5 Å². The van der Waals surface area contributed by atoms with Gasteiger partial charge in [0.15, 0.2) is 0 Å². The van der Waals surface area contributed by atoms with Crippen LogP contribution in [0, 0.1) is 0 Å². The fourth-order valence-electron chi connectivity index (χ4n) is 2.01. The predicted octanol–water partition coefficient (Wildman–Crippen LogP) is 1.28. The Bertz CT molecular complexity index is 274. The molecule has 0 radical (unpaired) electrons. The number of nitrogens with one attached hydrogen (secondary N) is 1. The van der Waals surface area contributed by atoms with Crippen LogP contribution < -0.4 is 11.1 Å². The third-order valence-electron chi connectivity index (χ3n) is 2.93. The van der Waals surface area contributed by atoms with Gasteiger partial charge in [-0.15, -0.1) is 0 Å². The Morgan fingerprint density at radius 2 is 2.16 bits per heavy atom. The Labute approximate surface area is 120 Å². The van der Waals surface area contributed by atoms with E-state index in [4.69, 9.17) is 10.5 Å². The van der Waals surface area contributed by atoms with Gasteiger partial charge in [0.1, 0.15) is 5.60 Å². The summed E-state index contributed by atoms with van der Waals surface area (Å²) in [5, 5.41) is 2.82. The number of amides is 1. The number of carbonyl (C=O) groups is 1. The lowest BCUT2D eigenvalue weighted by molar-refractivity contribution is 0.0509. The zero-order valence-electron chi connectivity index (χ0n) is 12.3. The van der Waals surface area contributed by atoms with Crippen molar-refractivity contribution >= 4 is 17.9 Å². The summed E-state index contributed by atoms with van der Waals surface area (Å²) in [6.07, 6.45) is 0.822. The van der Waals surface area contributed by atoms with Gasteiger partial charge in [0.2, 0.25) is 0 Å². The number of thioether (sulfide) groups is 1. The Kier molecular flexibility index (Phi) is 6.96. The lowest BCUT2D eigenvalue weighted by atomic mass is 10.2. The highest BCUT2D eigenvalue weighted by atomic mass is 32.2. The maximum atomic E-state index is 11.6. The minimum atomic E-state index is -0.457. The van der Waals surface area contributed by atoms with Crippen LogP contribution in [-0.2, 0) is 4.74 Å². The highest BCUT2D eigenvalue weighted by Gasteiger charge is 2.21. The Morgan fingerprint density at radius 1 is 1.42 bits per heavy atom. The quantitative estimate of drug-likeness (QED) is 0.816. The van der Waals surface area contributed by atoms with E-state index in [1.165, 1.54) is 12.2 Å². The summed E-state index contributed by atoms with van der Waals surface area (Å²) in [6, 6.07) is 0.200. The summed E-state index contributed by atoms with van der Waals surface area (Å²) in [6.45, 7) is 8.79. The van der Waals surface area contributed by atoms with E-state index in [9.17, 15) is 4.79 Å². The maximum absolute atomic E-state index is 11.6. The molecule has 0 bridgehead atoms. The Balaban J connectivity index is 2.37. The highest BCUT2D eigenvalue weighted by molar-refractivity contribution is 7.99. The van der Waals surface area contributed by atoms with Gasteiger partial charge in [-0.2, -0.15) is 11.8 Å². The number of hydrogen-bond acceptors (Lipinski definition) is 5. The summed E-state index contributed by atoms with van der Waals surface area (Å²) in [7, 11) is 0. The van der Waals surface area contributed by atoms with Crippen molar-refractivity contribution in [1.82, 2.24) is 10.2 Å². The number of alkyl carbamates (subject to hydrolysis) is 1. The number of ether oxygens (including phenoxy) is 1. The van der Waals surface area contributed by atoms with E-state index < -0.39 is 5.60 Å². The average molecular weight is 289 g/mol. The molecule has 0 aromatic rings. The highest BCUT2D eigenvalue weighted by Crippen LogP contribution is 2.12. The van der Waals surface area contributed by atoms with E-state index in [1.54, 1.807) is 0 Å². The molecule has 1 heterocycles. The number of nitrogens with two attached hydrogens (primary N) is 1. The van der Waals surface area contributed by atoms with Crippen LogP contribution in [0.3, 0.4) is 0 Å². The standard InChI is InChI=1S/C13H27N3O2S/c1-13(2,3)18-12(17)15-10-11(9-14)16-5-4-7-19-8-6-16/h11H,4-10,14H2,1-3H3,(H,15,17). The lowest BCUT2D eigenvalue weighted by Crippen LogP contribution is -2.49. The predicted molar refractivity (Wildman–Crippen MR) is 80.6 cm³/mol. The molecule has 6 heteroatoms. The second-order valence-electron chi connectivity index (χ2n) is 5.77. The SMILES string of the molecule is CC(C)(C)OC(=O)NCC(CN)N1CCCSCC1. The van der Waals surface area contributed by atoms with Crippen molar-refractivity contribution < 1.29 is 9.53 Å². The molecule has 0 aromatic heterocycles. The first kappa shape index (κ1) is 16.6. The normalized spacial score (nSPS) is 19.6. The van der Waals surface area contributed by atoms with Gasteiger partial charge in [-0.3, -0.25) is 4.90 Å². The van der Waals surface area contributed by atoms with E-state index in [0.717, 1.165) is 18.8 Å². The first-order valence-corrected chi connectivity index (χ1v) is 8.06. The number of rotatable bonds is 4. The van der Waals surface area contributed by atoms with Crippen molar-refractivity contribution in [3.63, 3.8) is 0 Å². The summed E-state index contributed by atoms with van der Waals surface area (Å²) < 4.78 is 5.23. The molecule has 0 saturated carbocycles. The van der Waals surface area contributed by atoms with Gasteiger partial charge in [-0.25, -0.2) is 4.79 Å². The van der Waals surface area contributed by atoms with E-state index in [0.29, 0.717) is 13.1 Å². The molecule has 1 aliphatic rings. The van der Waals surface area contributed by atoms with Crippen LogP contribution >= 0.6 is 11.8 Å². The molecule has 0 aromatic carbocycles. The van der Waals surface area contributed by atoms with E-state index in [2.05, 4.69) is 10.2 Å². The lowest BCUT2D eigenvalue weighted by Gasteiger charge is -2.30. The molecule has 1 unspecified atom stereocenters. The smallest absolute Gasteiger partial charge is 0.407 e. The second-order valence-corrected chi connectivity index (χ2v) is 7.00. The average Bonchev–Trinajstić information content (AvgIpc) is 2.56. The molecule has 3 N–H and O–H groups in total. The fraction of sp³-hybridized carbons (Fsp3) is 0.923. The molecule has 1 amide bonds. The first-order valence-electron chi connectivity index (χ1n) is 6.91. The van der Waals surface area contributed by atoms with Gasteiger partial charge >= 0.3 is 6.09 Å². The van der Waals surface area contributed by atoms with E-state index in [-0.39, 0.29) is 12.1 Å². The Morgan fingerprint density at radius 3 is 2.79 bits per heavy atom. The molecule has 19 heavy (non-hydrogen) atoms. The van der Waals surface area contributed by atoms with Crippen molar-refractivity contribution in [2.75, 3.05) is 37.7 Å². The fourth-order valence-corrected chi connectivity index (χ4v) is 2.91. The van der Waals surface area contributed by atoms with Gasteiger partial charge in [0, 0.05) is 31.4 Å². The van der Waals surface area contributed by atoms with Gasteiger partial charge in [0.05, 0.1) is 0 Å². The third-order valence-corrected chi connectivity index (χ3v) is 3.97. The van der Waals surface area contributed by atoms with Crippen LogP contribution in [0.2, 0.25) is 0 Å². The monoisotopic (exact) mass is 289 g/mol. The summed E-state index contributed by atoms with van der Waals surface area (Å²) in [5.74, 6) is 2.36. The van der Waals surface area contributed by atoms with Crippen LogP contribution in [-0.4, -0.2) is 60.3 Å². The van der Waals surface area contributed by atoms with Gasteiger partial charge in [0.25, 0.3) is 0 Å². The van der Waals surface area contributed by atoms with Crippen molar-refractivity contribution in [1.29, 1.82) is 0 Å². The molecule has 1 rings (SSSR count). The molecular formula is C13H27N3O2S. The summed E-state index contributed by atoms with van der Waals surface area (Å²) in [5.41, 5.74) is 5.37. The molecule has 0 spiro atoms. The topological polar surface area (TPSA) is 67.6 Å². The van der Waals surface area contributed by atoms with Crippen LogP contribution in [0.5, 0.6) is 0 Å². The summed E-state index contributed by atoms with van der Waals surface area (Å²) in [4.78, 5) is 14.0. The second kappa shape index (κ2) is 7.97. The number of carbonyl (C=O) groups excluding carboxylic acids is 1. The third kappa shape index (κ3) is 7.03. The number of nitrogens with zero attached hydrogens (tertiary/aromatic N) is 1. The van der Waals surface area contributed by atoms with Crippen LogP contribution in [0.15, 0.2) is 0 Å². The zero-order chi connectivity index (χ0) is 14.3. The Hall–Kier alpha value is -0.460. The van der Waals surface area contributed by atoms with Crippen LogP contribution in [0.25, 0.3) is 0 Å². The summed E-state index contributed by atoms with van der Waals surface area (Å²) >= 11 is 1.99. The minimum Gasteiger partial charge on any atom is -0.444 e. The van der Waals surface area contributed by atoms with Gasteiger partial charge in [-0.05, 0) is 39.5 Å². The first-order chi connectivity index (χ1) is 8.92. The molecular weight excluding hydrogens is 262 g/mol. The van der Waals surface area contributed by atoms with Gasteiger partial charge in [-0.1, -0.05) is 0 Å². The van der Waals surface area contributed by atoms with Crippen molar-refractivity contribution in [3.8, 4) is 0 Å². The molecule has 0 aliphatic carbocycles. The number of hydrogen-bond donors (Lipinski definition) is 2. The zero-order valence-corrected chi connectivity index (χ0v) is 13.1.